The lowest BCUT2D eigenvalue weighted by Gasteiger charge is -2.15. The van der Waals surface area contributed by atoms with Gasteiger partial charge < -0.3 is 0 Å². The Bertz CT molecular complexity index is 69.3. The first-order chi connectivity index (χ1) is 4.52. The van der Waals surface area contributed by atoms with Gasteiger partial charge in [-0.1, -0.05) is 35.3 Å². The zero-order valence-corrected chi connectivity index (χ0v) is 9.64. The second-order valence-electron chi connectivity index (χ2n) is 3.74. The molecule has 0 heterocycles. The summed E-state index contributed by atoms with van der Waals surface area (Å²) in [4.78, 5) is 0. The van der Waals surface area contributed by atoms with E-state index in [0.29, 0.717) is 0 Å². The van der Waals surface area contributed by atoms with Crippen molar-refractivity contribution in [3.05, 3.63) is 0 Å². The highest BCUT2D eigenvalue weighted by Crippen LogP contribution is 2.47. The molecule has 0 N–H and O–H groups in total. The van der Waals surface area contributed by atoms with Gasteiger partial charge in [0, 0.05) is 0 Å². The monoisotopic (exact) mass is 178 g/mol. The Kier molecular flexibility index (Phi) is 5.98. The first-order valence-corrected chi connectivity index (χ1v) is 7.35. The van der Waals surface area contributed by atoms with Crippen molar-refractivity contribution in [2.24, 2.45) is 11.8 Å². The fraction of sp³-hybridized carbons (Fsp3) is 1.00. The Morgan fingerprint density at radius 3 is 1.50 bits per heavy atom. The summed E-state index contributed by atoms with van der Waals surface area (Å²) in [5.74, 6) is 1.75. The fourth-order valence-corrected chi connectivity index (χ4v) is 5.57. The first-order valence-electron chi connectivity index (χ1n) is 4.02. The molecule has 1 unspecified atom stereocenters. The normalized spacial score (nSPS) is 12.0. The van der Waals surface area contributed by atoms with E-state index >= 15 is 0 Å². The average Bonchev–Trinajstić information content (AvgIpc) is 1.58. The van der Waals surface area contributed by atoms with Crippen LogP contribution in [0.3, 0.4) is 0 Å². The van der Waals surface area contributed by atoms with E-state index in [-0.39, 0.29) is 7.61 Å². The Labute approximate surface area is 69.0 Å². The fourth-order valence-electron chi connectivity index (χ4n) is 1.01. The molecule has 0 saturated carbocycles. The van der Waals surface area contributed by atoms with Gasteiger partial charge in [-0.15, -0.1) is 8.93 Å². The van der Waals surface area contributed by atoms with Gasteiger partial charge in [-0.3, -0.25) is 0 Å². The molecule has 0 aromatic carbocycles. The lowest BCUT2D eigenvalue weighted by Crippen LogP contribution is -1.97. The minimum absolute atomic E-state index is 0.257. The summed E-state index contributed by atoms with van der Waals surface area (Å²) in [5.41, 5.74) is 0. The van der Waals surface area contributed by atoms with Gasteiger partial charge in [0.15, 0.2) is 0 Å². The van der Waals surface area contributed by atoms with E-state index in [1.54, 1.807) is 0 Å². The van der Waals surface area contributed by atoms with E-state index in [9.17, 15) is 0 Å². The molecule has 0 amide bonds. The molecule has 2 heteroatoms. The molecule has 1 atom stereocenters. The molecule has 62 valence electrons. The van der Waals surface area contributed by atoms with Crippen molar-refractivity contribution in [1.29, 1.82) is 0 Å². The standard InChI is InChI=1S/C8H20P2/c1-7(2)5-10(9)6-8(3)4/h7-8H,5-6,9H2,1-4H3. The number of hydrogen-bond acceptors (Lipinski definition) is 0. The zero-order valence-electron chi connectivity index (χ0n) is 7.59. The SMILES string of the molecule is CC(C)CP(P)CC(C)C. The van der Waals surface area contributed by atoms with Crippen LogP contribution in [0.15, 0.2) is 0 Å². The quantitative estimate of drug-likeness (QED) is 0.577. The molecule has 0 aromatic rings. The largest absolute Gasteiger partial charge is 0.111 e. The van der Waals surface area contributed by atoms with Gasteiger partial charge >= 0.3 is 0 Å². The van der Waals surface area contributed by atoms with Crippen LogP contribution in [-0.2, 0) is 0 Å². The lowest BCUT2D eigenvalue weighted by molar-refractivity contribution is 0.723. The smallest absolute Gasteiger partial charge is 0.0268 e. The minimum atomic E-state index is 0.257. The molecular formula is C8H20P2. The molecule has 0 rings (SSSR count). The van der Waals surface area contributed by atoms with E-state index in [4.69, 9.17) is 0 Å². The Balaban J connectivity index is 3.34. The lowest BCUT2D eigenvalue weighted by atomic mass is 10.3. The van der Waals surface area contributed by atoms with Gasteiger partial charge in [-0.2, -0.15) is 0 Å². The third kappa shape index (κ3) is 6.97. The maximum absolute atomic E-state index is 3.01. The Morgan fingerprint density at radius 2 is 1.30 bits per heavy atom. The van der Waals surface area contributed by atoms with Crippen molar-refractivity contribution in [1.82, 2.24) is 0 Å². The molecule has 0 aliphatic heterocycles. The first kappa shape index (κ1) is 10.9. The summed E-state index contributed by atoms with van der Waals surface area (Å²) in [6, 6.07) is 0. The molecule has 0 nitrogen and oxygen atoms in total. The second kappa shape index (κ2) is 5.50. The summed E-state index contributed by atoms with van der Waals surface area (Å²) in [7, 11) is 3.27. The number of rotatable bonds is 4. The van der Waals surface area contributed by atoms with Crippen LogP contribution in [0.5, 0.6) is 0 Å². The molecule has 0 aromatic heterocycles. The third-order valence-corrected chi connectivity index (χ3v) is 4.86. The van der Waals surface area contributed by atoms with Gasteiger partial charge in [0.05, 0.1) is 0 Å². The van der Waals surface area contributed by atoms with Crippen LogP contribution in [-0.4, -0.2) is 12.3 Å². The van der Waals surface area contributed by atoms with Crippen molar-refractivity contribution < 1.29 is 0 Å². The van der Waals surface area contributed by atoms with Crippen molar-refractivity contribution in [2.75, 3.05) is 12.3 Å². The maximum atomic E-state index is 3.01. The van der Waals surface area contributed by atoms with Crippen LogP contribution in [0.1, 0.15) is 27.7 Å². The molecule has 10 heavy (non-hydrogen) atoms. The van der Waals surface area contributed by atoms with Crippen molar-refractivity contribution >= 4 is 16.5 Å². The molecule has 0 bridgehead atoms. The summed E-state index contributed by atoms with van der Waals surface area (Å²) in [6.07, 6.45) is 2.83. The molecule has 0 spiro atoms. The van der Waals surface area contributed by atoms with Crippen LogP contribution in [0.25, 0.3) is 0 Å². The third-order valence-electron chi connectivity index (χ3n) is 1.20. The molecule has 0 saturated heterocycles. The van der Waals surface area contributed by atoms with Gasteiger partial charge in [-0.05, 0) is 24.2 Å². The highest BCUT2D eigenvalue weighted by molar-refractivity contribution is 8.13. The molecule has 0 aliphatic carbocycles. The van der Waals surface area contributed by atoms with Crippen LogP contribution in [0.4, 0.5) is 0 Å². The molecular weight excluding hydrogens is 158 g/mol. The van der Waals surface area contributed by atoms with Crippen molar-refractivity contribution in [3.8, 4) is 0 Å². The van der Waals surface area contributed by atoms with Gasteiger partial charge in [0.2, 0.25) is 0 Å². The topological polar surface area (TPSA) is 0 Å². The zero-order chi connectivity index (χ0) is 8.15. The van der Waals surface area contributed by atoms with Crippen LogP contribution in [0.2, 0.25) is 0 Å². The van der Waals surface area contributed by atoms with Gasteiger partial charge in [0.25, 0.3) is 0 Å². The highest BCUT2D eigenvalue weighted by Gasteiger charge is 2.05. The van der Waals surface area contributed by atoms with Gasteiger partial charge in [0.1, 0.15) is 0 Å². The minimum Gasteiger partial charge on any atom is -0.111 e. The number of hydrogen-bond donors (Lipinski definition) is 0. The van der Waals surface area contributed by atoms with E-state index in [1.165, 1.54) is 12.3 Å². The van der Waals surface area contributed by atoms with Crippen molar-refractivity contribution in [3.63, 3.8) is 0 Å². The predicted octanol–water partition coefficient (Wildman–Crippen LogP) is 3.57. The average molecular weight is 178 g/mol. The summed E-state index contributed by atoms with van der Waals surface area (Å²) < 4.78 is 0. The summed E-state index contributed by atoms with van der Waals surface area (Å²) >= 11 is 0. The summed E-state index contributed by atoms with van der Waals surface area (Å²) in [5, 5.41) is 0. The Morgan fingerprint density at radius 1 is 1.00 bits per heavy atom. The maximum Gasteiger partial charge on any atom is -0.0268 e. The summed E-state index contributed by atoms with van der Waals surface area (Å²) in [6.45, 7) is 9.22. The van der Waals surface area contributed by atoms with Gasteiger partial charge in [-0.25, -0.2) is 0 Å². The van der Waals surface area contributed by atoms with E-state index in [2.05, 4.69) is 36.6 Å². The molecule has 0 aliphatic rings. The van der Waals surface area contributed by atoms with Crippen LogP contribution >= 0.6 is 16.5 Å². The second-order valence-corrected chi connectivity index (χ2v) is 7.84. The molecule has 0 fully saturated rings. The van der Waals surface area contributed by atoms with E-state index in [1.807, 2.05) is 0 Å². The highest BCUT2D eigenvalue weighted by atomic mass is 32.0. The van der Waals surface area contributed by atoms with E-state index in [0.717, 1.165) is 11.8 Å². The Hall–Kier alpha value is 0.860. The molecule has 0 radical (unpaired) electrons. The predicted molar refractivity (Wildman–Crippen MR) is 56.0 cm³/mol. The van der Waals surface area contributed by atoms with E-state index < -0.39 is 0 Å². The van der Waals surface area contributed by atoms with Crippen LogP contribution in [0, 0.1) is 11.8 Å². The van der Waals surface area contributed by atoms with Crippen molar-refractivity contribution in [2.45, 2.75) is 27.7 Å². The van der Waals surface area contributed by atoms with Crippen LogP contribution < -0.4 is 0 Å².